The first-order valence-electron chi connectivity index (χ1n) is 13.7. The van der Waals surface area contributed by atoms with E-state index in [1.54, 1.807) is 0 Å². The van der Waals surface area contributed by atoms with Gasteiger partial charge in [-0.25, -0.2) is 0 Å². The van der Waals surface area contributed by atoms with Crippen LogP contribution in [0.2, 0.25) is 0 Å². The van der Waals surface area contributed by atoms with Crippen LogP contribution in [0, 0.1) is 0 Å². The molecule has 6 aromatic carbocycles. The van der Waals surface area contributed by atoms with Gasteiger partial charge in [0, 0.05) is 75.4 Å². The maximum absolute atomic E-state index is 4.44. The van der Waals surface area contributed by atoms with Crippen molar-refractivity contribution in [3.05, 3.63) is 134 Å². The van der Waals surface area contributed by atoms with Crippen LogP contribution in [-0.4, -0.2) is 4.98 Å². The Labute approximate surface area is 245 Å². The van der Waals surface area contributed by atoms with Crippen LogP contribution < -0.4 is 4.90 Å². The molecular weight excluding hydrogens is 537 g/mol. The topological polar surface area (TPSA) is 16.1 Å². The zero-order chi connectivity index (χ0) is 26.9. The lowest BCUT2D eigenvalue weighted by molar-refractivity contribution is 1.30. The summed E-state index contributed by atoms with van der Waals surface area (Å²) in [4.78, 5) is 6.85. The summed E-state index contributed by atoms with van der Waals surface area (Å²) in [7, 11) is 0. The molecule has 4 heteroatoms. The Balaban J connectivity index is 1.44. The van der Waals surface area contributed by atoms with Crippen molar-refractivity contribution in [3.8, 4) is 22.3 Å². The molecule has 192 valence electrons. The molecule has 0 N–H and O–H groups in total. The number of para-hydroxylation sites is 2. The molecular formula is C37H22N2S2. The Morgan fingerprint density at radius 2 is 1.12 bits per heavy atom. The van der Waals surface area contributed by atoms with Crippen LogP contribution in [0.4, 0.5) is 17.1 Å². The van der Waals surface area contributed by atoms with Crippen LogP contribution in [0.1, 0.15) is 0 Å². The minimum Gasteiger partial charge on any atom is -0.310 e. The lowest BCUT2D eigenvalue weighted by Gasteiger charge is -2.29. The van der Waals surface area contributed by atoms with E-state index in [0.717, 1.165) is 16.9 Å². The second kappa shape index (κ2) is 8.87. The van der Waals surface area contributed by atoms with E-state index >= 15 is 0 Å². The van der Waals surface area contributed by atoms with Gasteiger partial charge in [0.15, 0.2) is 0 Å². The lowest BCUT2D eigenvalue weighted by Crippen LogP contribution is -2.10. The molecule has 2 aliphatic rings. The molecule has 1 aromatic heterocycles. The molecule has 0 radical (unpaired) electrons. The fraction of sp³-hybridized carbons (Fsp3) is 0. The quantitative estimate of drug-likeness (QED) is 0.158. The summed E-state index contributed by atoms with van der Waals surface area (Å²) in [6.07, 6.45) is 3.83. The molecule has 2 nitrogen and oxygen atoms in total. The molecule has 0 saturated carbocycles. The highest BCUT2D eigenvalue weighted by atomic mass is 32.1. The molecule has 0 aliphatic carbocycles. The average molecular weight is 559 g/mol. The molecule has 2 aliphatic heterocycles. The van der Waals surface area contributed by atoms with E-state index in [1.807, 2.05) is 41.1 Å². The molecule has 0 amide bonds. The van der Waals surface area contributed by atoms with Crippen LogP contribution in [0.25, 0.3) is 62.6 Å². The number of benzene rings is 6. The van der Waals surface area contributed by atoms with Crippen molar-refractivity contribution in [1.82, 2.24) is 4.98 Å². The summed E-state index contributed by atoms with van der Waals surface area (Å²) >= 11 is 3.80. The highest BCUT2D eigenvalue weighted by Crippen LogP contribution is 2.55. The molecule has 0 bridgehead atoms. The minimum atomic E-state index is 1.15. The molecule has 9 rings (SSSR count). The minimum absolute atomic E-state index is 1.15. The summed E-state index contributed by atoms with van der Waals surface area (Å²) in [5.41, 5.74) is 8.67. The maximum atomic E-state index is 4.44. The van der Waals surface area contributed by atoms with Crippen molar-refractivity contribution in [2.24, 2.45) is 0 Å². The second-order valence-corrected chi connectivity index (χ2v) is 12.5. The van der Waals surface area contributed by atoms with Crippen molar-refractivity contribution in [2.45, 2.75) is 0 Å². The van der Waals surface area contributed by atoms with E-state index in [2.05, 4.69) is 125 Å². The van der Waals surface area contributed by atoms with Crippen LogP contribution in [0.15, 0.2) is 134 Å². The highest BCUT2D eigenvalue weighted by molar-refractivity contribution is 7.27. The molecule has 0 saturated heterocycles. The molecule has 3 heterocycles. The number of pyridine rings is 1. The van der Waals surface area contributed by atoms with Gasteiger partial charge in [-0.2, -0.15) is 0 Å². The fourth-order valence-corrected chi connectivity index (χ4v) is 8.76. The van der Waals surface area contributed by atoms with Crippen LogP contribution >= 0.6 is 22.7 Å². The number of hydrogen-bond acceptors (Lipinski definition) is 4. The first-order chi connectivity index (χ1) is 20.3. The Hall–Kier alpha value is -4.77. The summed E-state index contributed by atoms with van der Waals surface area (Å²) in [5.74, 6) is 0. The second-order valence-electron chi connectivity index (χ2n) is 10.4. The third kappa shape index (κ3) is 3.38. The Bertz CT molecular complexity index is 2260. The van der Waals surface area contributed by atoms with E-state index in [-0.39, 0.29) is 0 Å². The Kier molecular flexibility index (Phi) is 4.97. The Morgan fingerprint density at radius 1 is 0.512 bits per heavy atom. The predicted molar refractivity (Wildman–Crippen MR) is 178 cm³/mol. The highest BCUT2D eigenvalue weighted by Gasteiger charge is 2.26. The van der Waals surface area contributed by atoms with Gasteiger partial charge in [-0.05, 0) is 65.5 Å². The number of hydrogen-bond donors (Lipinski definition) is 0. The summed E-state index contributed by atoms with van der Waals surface area (Å²) < 4.78 is 5.26. The van der Waals surface area contributed by atoms with Gasteiger partial charge in [-0.15, -0.1) is 22.7 Å². The SMILES string of the molecule is c1ccc(N(c2ccccc2)c2cc3sc4cccc5c(-c6cccnc6)cc6sc7cccc2c7c3-c6c45)cc1. The van der Waals surface area contributed by atoms with E-state index < -0.39 is 0 Å². The van der Waals surface area contributed by atoms with Gasteiger partial charge in [0.1, 0.15) is 0 Å². The van der Waals surface area contributed by atoms with Crippen molar-refractivity contribution in [1.29, 1.82) is 0 Å². The number of nitrogens with zero attached hydrogens (tertiary/aromatic N) is 2. The number of aromatic nitrogens is 1. The standard InChI is InChI=1S/C37H22N2S2/c1-3-11-24(12-4-1)39(25-13-5-2-6-14-25)29-21-33-37-35-27(29)16-8-18-31(35)40-32-20-28(23-10-9-19-38-22-23)26-15-7-17-30(41-33)34(26)36(32)37/h1-22H. The summed E-state index contributed by atoms with van der Waals surface area (Å²) in [6, 6.07) is 44.0. The number of rotatable bonds is 4. The van der Waals surface area contributed by atoms with Gasteiger partial charge in [-0.1, -0.05) is 66.7 Å². The van der Waals surface area contributed by atoms with E-state index in [1.165, 1.54) is 62.7 Å². The maximum Gasteiger partial charge on any atom is 0.0555 e. The third-order valence-electron chi connectivity index (χ3n) is 8.09. The molecule has 41 heavy (non-hydrogen) atoms. The van der Waals surface area contributed by atoms with Gasteiger partial charge in [0.25, 0.3) is 0 Å². The average Bonchev–Trinajstić information content (AvgIpc) is 3.04. The van der Waals surface area contributed by atoms with Crippen molar-refractivity contribution >= 4 is 80.1 Å². The fourth-order valence-electron chi connectivity index (χ4n) is 6.41. The molecule has 0 atom stereocenters. The van der Waals surface area contributed by atoms with Crippen LogP contribution in [0.5, 0.6) is 0 Å². The van der Waals surface area contributed by atoms with E-state index in [0.29, 0.717) is 0 Å². The number of anilines is 3. The first kappa shape index (κ1) is 23.0. The van der Waals surface area contributed by atoms with Gasteiger partial charge in [0.2, 0.25) is 0 Å². The zero-order valence-corrected chi connectivity index (χ0v) is 23.5. The normalized spacial score (nSPS) is 11.9. The molecule has 0 unspecified atom stereocenters. The monoisotopic (exact) mass is 558 g/mol. The summed E-state index contributed by atoms with van der Waals surface area (Å²) in [5, 5.41) is 5.28. The zero-order valence-electron chi connectivity index (χ0n) is 21.9. The van der Waals surface area contributed by atoms with E-state index in [9.17, 15) is 0 Å². The van der Waals surface area contributed by atoms with Gasteiger partial charge in [0.05, 0.1) is 5.69 Å². The van der Waals surface area contributed by atoms with Crippen LogP contribution in [-0.2, 0) is 0 Å². The van der Waals surface area contributed by atoms with Gasteiger partial charge in [-0.3, -0.25) is 4.98 Å². The van der Waals surface area contributed by atoms with Crippen molar-refractivity contribution in [3.63, 3.8) is 0 Å². The van der Waals surface area contributed by atoms with E-state index in [4.69, 9.17) is 0 Å². The first-order valence-corrected chi connectivity index (χ1v) is 15.3. The molecule has 7 aromatic rings. The van der Waals surface area contributed by atoms with Gasteiger partial charge < -0.3 is 4.90 Å². The molecule has 0 fully saturated rings. The smallest absolute Gasteiger partial charge is 0.0555 e. The van der Waals surface area contributed by atoms with Crippen LogP contribution in [0.3, 0.4) is 0 Å². The van der Waals surface area contributed by atoms with Crippen molar-refractivity contribution in [2.75, 3.05) is 4.90 Å². The van der Waals surface area contributed by atoms with Gasteiger partial charge >= 0.3 is 0 Å². The largest absolute Gasteiger partial charge is 0.310 e. The summed E-state index contributed by atoms with van der Waals surface area (Å²) in [6.45, 7) is 0. The third-order valence-corrected chi connectivity index (χ3v) is 10.3. The Morgan fingerprint density at radius 3 is 1.76 bits per heavy atom. The lowest BCUT2D eigenvalue weighted by atomic mass is 9.89. The molecule has 0 spiro atoms. The van der Waals surface area contributed by atoms with Crippen molar-refractivity contribution < 1.29 is 0 Å². The predicted octanol–water partition coefficient (Wildman–Crippen LogP) is 11.5.